The molecule has 4 unspecified atom stereocenters. The van der Waals surface area contributed by atoms with E-state index in [4.69, 9.17) is 11.5 Å². The quantitative estimate of drug-likeness (QED) is 0.0839. The number of hydrogen-bond donors (Lipinski definition) is 4. The second-order valence-electron chi connectivity index (χ2n) is 11.9. The monoisotopic (exact) mass is 636 g/mol. The third kappa shape index (κ3) is 11.3. The van der Waals surface area contributed by atoms with Gasteiger partial charge in [0.2, 0.25) is 11.8 Å². The van der Waals surface area contributed by atoms with Crippen molar-refractivity contribution in [2.45, 2.75) is 64.6 Å². The maximum atomic E-state index is 14.3. The summed E-state index contributed by atoms with van der Waals surface area (Å²) in [5.41, 5.74) is 14.3. The Labute approximate surface area is 280 Å². The molecule has 1 fully saturated rings. The van der Waals surface area contributed by atoms with Crippen LogP contribution in [0.25, 0.3) is 10.8 Å². The van der Waals surface area contributed by atoms with Crippen LogP contribution in [0.15, 0.2) is 120 Å². The second kappa shape index (κ2) is 19.1. The molecule has 0 saturated carbocycles. The van der Waals surface area contributed by atoms with Crippen molar-refractivity contribution < 1.29 is 9.59 Å². The van der Waals surface area contributed by atoms with E-state index in [9.17, 15) is 9.59 Å². The lowest BCUT2D eigenvalue weighted by Gasteiger charge is -2.30. The Bertz CT molecular complexity index is 1530. The summed E-state index contributed by atoms with van der Waals surface area (Å²) in [6, 6.07) is 13.8. The number of amides is 2. The van der Waals surface area contributed by atoms with Crippen LogP contribution in [0.5, 0.6) is 0 Å². The molecule has 2 amide bonds. The van der Waals surface area contributed by atoms with Crippen LogP contribution >= 0.6 is 0 Å². The van der Waals surface area contributed by atoms with Crippen molar-refractivity contribution in [1.29, 1.82) is 0 Å². The number of benzene rings is 2. The first kappa shape index (κ1) is 36.8. The van der Waals surface area contributed by atoms with E-state index in [-0.39, 0.29) is 35.8 Å². The lowest BCUT2D eigenvalue weighted by atomic mass is 9.88. The van der Waals surface area contributed by atoms with Crippen LogP contribution in [0.4, 0.5) is 0 Å². The maximum Gasteiger partial charge on any atom is 0.239 e. The Morgan fingerprint density at radius 1 is 1.11 bits per heavy atom. The van der Waals surface area contributed by atoms with E-state index in [1.807, 2.05) is 67.3 Å². The molecular weight excluding hydrogens is 584 g/mol. The Morgan fingerprint density at radius 3 is 2.53 bits per heavy atom. The second-order valence-corrected chi connectivity index (χ2v) is 11.9. The number of allylic oxidation sites excluding steroid dienone is 8. The number of nitrogens with one attached hydrogen (secondary N) is 2. The molecule has 3 rings (SSSR count). The van der Waals surface area contributed by atoms with Crippen LogP contribution in [0.1, 0.15) is 45.6 Å². The van der Waals surface area contributed by atoms with Crippen LogP contribution in [0.2, 0.25) is 0 Å². The number of carbonyl (C=O) groups excluding carboxylic acids is 2. The largest absolute Gasteiger partial charge is 0.370 e. The fourth-order valence-electron chi connectivity index (χ4n) is 6.20. The summed E-state index contributed by atoms with van der Waals surface area (Å²) in [6.45, 7) is 14.9. The summed E-state index contributed by atoms with van der Waals surface area (Å²) in [4.78, 5) is 32.9. The molecule has 1 aliphatic heterocycles. The smallest absolute Gasteiger partial charge is 0.239 e. The van der Waals surface area contributed by atoms with Gasteiger partial charge in [-0.05, 0) is 67.0 Å². The fraction of sp³-hybridized carbons (Fsp3) is 0.359. The zero-order valence-corrected chi connectivity index (χ0v) is 28.2. The molecule has 0 spiro atoms. The van der Waals surface area contributed by atoms with E-state index in [2.05, 4.69) is 65.2 Å². The average Bonchev–Trinajstić information content (AvgIpc) is 3.20. The summed E-state index contributed by atoms with van der Waals surface area (Å²) in [7, 11) is 0. The van der Waals surface area contributed by atoms with E-state index < -0.39 is 6.04 Å². The van der Waals surface area contributed by atoms with Crippen molar-refractivity contribution >= 4 is 28.5 Å². The van der Waals surface area contributed by atoms with Gasteiger partial charge in [-0.1, -0.05) is 104 Å². The van der Waals surface area contributed by atoms with Crippen molar-refractivity contribution in [3.63, 3.8) is 0 Å². The van der Waals surface area contributed by atoms with Crippen molar-refractivity contribution in [3.05, 3.63) is 121 Å². The molecule has 8 heteroatoms. The molecule has 2 aromatic carbocycles. The third-order valence-electron chi connectivity index (χ3n) is 8.42. The molecule has 0 bridgehead atoms. The molecule has 4 atom stereocenters. The highest BCUT2D eigenvalue weighted by Gasteiger charge is 2.35. The number of hydrogen-bond acceptors (Lipinski definition) is 4. The summed E-state index contributed by atoms with van der Waals surface area (Å²) in [6.07, 6.45) is 18.2. The van der Waals surface area contributed by atoms with Crippen LogP contribution in [0, 0.1) is 5.92 Å². The average molecular weight is 637 g/mol. The molecule has 1 heterocycles. The van der Waals surface area contributed by atoms with Gasteiger partial charge in [-0.15, -0.1) is 0 Å². The minimum atomic E-state index is -0.481. The van der Waals surface area contributed by atoms with Crippen molar-refractivity contribution in [1.82, 2.24) is 15.5 Å². The highest BCUT2D eigenvalue weighted by atomic mass is 16.2. The number of nitrogens with two attached hydrogens (primary N) is 2. The Hall–Kier alpha value is -4.69. The number of fused-ring (bicyclic) bond motifs is 1. The van der Waals surface area contributed by atoms with Gasteiger partial charge in [0.25, 0.3) is 0 Å². The van der Waals surface area contributed by atoms with Gasteiger partial charge in [-0.25, -0.2) is 0 Å². The Morgan fingerprint density at radius 2 is 1.87 bits per heavy atom. The van der Waals surface area contributed by atoms with Crippen molar-refractivity contribution in [2.75, 3.05) is 19.6 Å². The number of aliphatic imine (C=N–C) groups is 1. The van der Waals surface area contributed by atoms with E-state index in [1.165, 1.54) is 5.39 Å². The number of rotatable bonds is 16. The number of nitrogens with zero attached hydrogens (tertiary/aromatic N) is 2. The molecule has 0 aromatic heterocycles. The zero-order valence-electron chi connectivity index (χ0n) is 28.2. The normalized spacial score (nSPS) is 19.0. The van der Waals surface area contributed by atoms with Gasteiger partial charge in [-0.2, -0.15) is 0 Å². The maximum absolute atomic E-state index is 14.3. The predicted octanol–water partition coefficient (Wildman–Crippen LogP) is 5.49. The van der Waals surface area contributed by atoms with Crippen LogP contribution in [-0.2, 0) is 16.0 Å². The third-order valence-corrected chi connectivity index (χ3v) is 8.42. The Kier molecular flexibility index (Phi) is 14.9. The molecule has 47 heavy (non-hydrogen) atoms. The minimum absolute atomic E-state index is 0.0161. The molecular formula is C39H52N6O2. The van der Waals surface area contributed by atoms with E-state index >= 15 is 0 Å². The van der Waals surface area contributed by atoms with Crippen molar-refractivity contribution in [2.24, 2.45) is 22.4 Å². The highest BCUT2D eigenvalue weighted by molar-refractivity contribution is 5.83. The first-order valence-electron chi connectivity index (χ1n) is 16.5. The van der Waals surface area contributed by atoms with Crippen LogP contribution in [-0.4, -0.2) is 60.4 Å². The van der Waals surface area contributed by atoms with E-state index in [0.717, 1.165) is 22.1 Å². The summed E-state index contributed by atoms with van der Waals surface area (Å²) < 4.78 is 0. The lowest BCUT2D eigenvalue weighted by Crippen LogP contribution is -2.54. The van der Waals surface area contributed by atoms with Gasteiger partial charge >= 0.3 is 0 Å². The van der Waals surface area contributed by atoms with Crippen LogP contribution < -0.4 is 22.1 Å². The zero-order chi connectivity index (χ0) is 34.2. The molecule has 8 nitrogen and oxygen atoms in total. The van der Waals surface area contributed by atoms with Crippen LogP contribution in [0.3, 0.4) is 0 Å². The van der Waals surface area contributed by atoms with Gasteiger partial charge < -0.3 is 27.0 Å². The van der Waals surface area contributed by atoms with Gasteiger partial charge in [0, 0.05) is 44.6 Å². The molecule has 250 valence electrons. The Balaban J connectivity index is 1.99. The van der Waals surface area contributed by atoms with E-state index in [1.54, 1.807) is 13.0 Å². The van der Waals surface area contributed by atoms with Gasteiger partial charge in [-0.3, -0.25) is 14.6 Å². The molecule has 2 aromatic rings. The van der Waals surface area contributed by atoms with Gasteiger partial charge in [0.1, 0.15) is 0 Å². The first-order valence-corrected chi connectivity index (χ1v) is 16.5. The SMILES string of the molecule is C=CC=C(C=CC)C(CN1CCC(C(Cc2ccc3ccccc3c2)NC(C)=O)NC(CCCN=C(N)N)C1=O)C(C=C)=CC=CC. The highest BCUT2D eigenvalue weighted by Crippen LogP contribution is 2.27. The minimum Gasteiger partial charge on any atom is -0.370 e. The van der Waals surface area contributed by atoms with Crippen molar-refractivity contribution in [3.8, 4) is 0 Å². The summed E-state index contributed by atoms with van der Waals surface area (Å²) in [5.74, 6) is -0.180. The number of carbonyl (C=O) groups is 2. The molecule has 6 N–H and O–H groups in total. The van der Waals surface area contributed by atoms with E-state index in [0.29, 0.717) is 45.3 Å². The fourth-order valence-corrected chi connectivity index (χ4v) is 6.20. The predicted molar refractivity (Wildman–Crippen MR) is 197 cm³/mol. The first-order chi connectivity index (χ1) is 22.7. The molecule has 0 radical (unpaired) electrons. The summed E-state index contributed by atoms with van der Waals surface area (Å²) in [5, 5.41) is 9.19. The lowest BCUT2D eigenvalue weighted by molar-refractivity contribution is -0.133. The number of guanidine groups is 1. The van der Waals surface area contributed by atoms with Gasteiger partial charge in [0.15, 0.2) is 5.96 Å². The topological polar surface area (TPSA) is 126 Å². The van der Waals surface area contributed by atoms with Gasteiger partial charge in [0.05, 0.1) is 6.04 Å². The molecule has 0 aliphatic carbocycles. The standard InChI is InChI=1S/C39H52N6O2/c1-6-10-16-30(9-4)34(32(14-7-2)15-8-3)27-45-24-22-35(44-36(38(45)47)19-13-23-42-39(40)41)37(43-28(5)46)26-29-20-21-31-17-11-12-18-33(31)25-29/h6-12,14-18,20-21,25,34-37,44H,2,4,13,19,22-24,26-27H2,1,3,5H3,(H,43,46)(H4,40,41,42). The summed E-state index contributed by atoms with van der Waals surface area (Å²) >= 11 is 0. The molecule has 1 aliphatic rings. The molecule has 1 saturated heterocycles.